The molecular weight excluding hydrogens is 342 g/mol. The van der Waals surface area contributed by atoms with E-state index in [-0.39, 0.29) is 11.4 Å². The number of aromatic nitrogens is 1. The quantitative estimate of drug-likeness (QED) is 0.703. The van der Waals surface area contributed by atoms with Gasteiger partial charge in [0.15, 0.2) is 5.13 Å². The molecule has 0 aliphatic carbocycles. The van der Waals surface area contributed by atoms with Crippen molar-refractivity contribution < 1.29 is 8.42 Å². The van der Waals surface area contributed by atoms with Crippen molar-refractivity contribution in [3.8, 4) is 6.07 Å². The molecule has 3 rings (SSSR count). The van der Waals surface area contributed by atoms with Gasteiger partial charge in [0.1, 0.15) is 0 Å². The van der Waals surface area contributed by atoms with Crippen molar-refractivity contribution in [3.05, 3.63) is 77.3 Å². The van der Waals surface area contributed by atoms with Gasteiger partial charge in [-0.3, -0.25) is 0 Å². The second-order valence-electron chi connectivity index (χ2n) is 4.95. The van der Waals surface area contributed by atoms with E-state index >= 15 is 0 Å². The number of nitrogens with zero attached hydrogens (tertiary/aromatic N) is 3. The Kier molecular flexibility index (Phi) is 4.60. The molecule has 0 saturated heterocycles. The second kappa shape index (κ2) is 6.83. The van der Waals surface area contributed by atoms with Crippen LogP contribution in [-0.4, -0.2) is 13.4 Å². The maximum Gasteiger partial charge on any atom is 0.266 e. The zero-order valence-electron chi connectivity index (χ0n) is 12.5. The van der Waals surface area contributed by atoms with E-state index in [1.165, 1.54) is 15.6 Å². The van der Waals surface area contributed by atoms with Crippen LogP contribution in [0.4, 0.5) is 5.13 Å². The molecule has 0 saturated carbocycles. The fourth-order valence-corrected chi connectivity index (χ4v) is 4.46. The third-order valence-electron chi connectivity index (χ3n) is 3.37. The van der Waals surface area contributed by atoms with Gasteiger partial charge < -0.3 is 0 Å². The summed E-state index contributed by atoms with van der Waals surface area (Å²) in [7, 11) is -3.72. The number of thiazole rings is 1. The van der Waals surface area contributed by atoms with Crippen molar-refractivity contribution in [2.45, 2.75) is 11.4 Å². The van der Waals surface area contributed by atoms with Gasteiger partial charge in [0.05, 0.1) is 23.1 Å². The van der Waals surface area contributed by atoms with Crippen molar-refractivity contribution in [3.63, 3.8) is 0 Å². The van der Waals surface area contributed by atoms with Crippen molar-refractivity contribution in [2.24, 2.45) is 0 Å². The molecule has 24 heavy (non-hydrogen) atoms. The third-order valence-corrected chi connectivity index (χ3v) is 6.03. The highest BCUT2D eigenvalue weighted by Gasteiger charge is 2.26. The highest BCUT2D eigenvalue weighted by molar-refractivity contribution is 7.93. The Morgan fingerprint density at radius 2 is 1.79 bits per heavy atom. The minimum absolute atomic E-state index is 0.149. The van der Waals surface area contributed by atoms with Gasteiger partial charge in [-0.25, -0.2) is 17.7 Å². The summed E-state index contributed by atoms with van der Waals surface area (Å²) in [5, 5.41) is 11.0. The van der Waals surface area contributed by atoms with E-state index in [4.69, 9.17) is 5.26 Å². The first-order chi connectivity index (χ1) is 11.6. The highest BCUT2D eigenvalue weighted by Crippen LogP contribution is 2.27. The van der Waals surface area contributed by atoms with Gasteiger partial charge in [0, 0.05) is 11.6 Å². The number of anilines is 1. The normalized spacial score (nSPS) is 11.0. The summed E-state index contributed by atoms with van der Waals surface area (Å²) in [6.07, 6.45) is 1.58. The lowest BCUT2D eigenvalue weighted by Crippen LogP contribution is -2.30. The van der Waals surface area contributed by atoms with Gasteiger partial charge in [-0.15, -0.1) is 11.3 Å². The molecule has 1 heterocycles. The number of rotatable bonds is 5. The predicted molar refractivity (Wildman–Crippen MR) is 93.1 cm³/mol. The molecule has 5 nitrogen and oxygen atoms in total. The number of hydrogen-bond acceptors (Lipinski definition) is 5. The molecule has 3 aromatic rings. The standard InChI is InChI=1S/C17H13N3O2S2/c18-12-14-6-8-15(9-7-14)13-20(17-19-10-11-23-17)24(21,22)16-4-2-1-3-5-16/h1-11H,13H2. The smallest absolute Gasteiger partial charge is 0.237 e. The SMILES string of the molecule is N#Cc1ccc(CN(c2nccs2)S(=O)(=O)c2ccccc2)cc1. The molecular formula is C17H13N3O2S2. The molecule has 0 amide bonds. The molecule has 0 aliphatic rings. The van der Waals surface area contributed by atoms with Crippen LogP contribution in [0.5, 0.6) is 0 Å². The van der Waals surface area contributed by atoms with E-state index in [1.807, 2.05) is 6.07 Å². The molecule has 0 aliphatic heterocycles. The van der Waals surface area contributed by atoms with Crippen LogP contribution in [0, 0.1) is 11.3 Å². The number of nitriles is 1. The van der Waals surface area contributed by atoms with Gasteiger partial charge in [0.25, 0.3) is 10.0 Å². The zero-order chi connectivity index (χ0) is 17.0. The van der Waals surface area contributed by atoms with E-state index in [9.17, 15) is 8.42 Å². The lowest BCUT2D eigenvalue weighted by Gasteiger charge is -2.22. The summed E-state index contributed by atoms with van der Waals surface area (Å²) in [6.45, 7) is 0.149. The first kappa shape index (κ1) is 16.2. The van der Waals surface area contributed by atoms with Crippen molar-refractivity contribution >= 4 is 26.5 Å². The van der Waals surface area contributed by atoms with E-state index in [0.717, 1.165) is 5.56 Å². The highest BCUT2D eigenvalue weighted by atomic mass is 32.2. The van der Waals surface area contributed by atoms with Crippen LogP contribution in [0.1, 0.15) is 11.1 Å². The molecule has 0 atom stereocenters. The molecule has 0 unspecified atom stereocenters. The fourth-order valence-electron chi connectivity index (χ4n) is 2.16. The Bertz CT molecular complexity index is 945. The van der Waals surface area contributed by atoms with Crippen LogP contribution in [0.3, 0.4) is 0 Å². The second-order valence-corrected chi connectivity index (χ2v) is 7.68. The number of benzene rings is 2. The van der Waals surface area contributed by atoms with Gasteiger partial charge in [-0.2, -0.15) is 5.26 Å². The Labute approximate surface area is 144 Å². The Balaban J connectivity index is 2.00. The van der Waals surface area contributed by atoms with Crippen LogP contribution < -0.4 is 4.31 Å². The van der Waals surface area contributed by atoms with Gasteiger partial charge in [-0.1, -0.05) is 30.3 Å². The summed E-state index contributed by atoms with van der Waals surface area (Å²) in [4.78, 5) is 4.37. The van der Waals surface area contributed by atoms with Crippen LogP contribution in [0.15, 0.2) is 71.1 Å². The van der Waals surface area contributed by atoms with Crippen LogP contribution in [0.25, 0.3) is 0 Å². The third kappa shape index (κ3) is 3.30. The molecule has 0 radical (unpaired) electrons. The molecule has 0 spiro atoms. The average molecular weight is 355 g/mol. The lowest BCUT2D eigenvalue weighted by molar-refractivity contribution is 0.590. The Morgan fingerprint density at radius 1 is 1.08 bits per heavy atom. The van der Waals surface area contributed by atoms with E-state index in [1.54, 1.807) is 66.2 Å². The first-order valence-electron chi connectivity index (χ1n) is 7.07. The molecule has 0 bridgehead atoms. The average Bonchev–Trinajstić information content (AvgIpc) is 3.15. The molecule has 0 N–H and O–H groups in total. The summed E-state index contributed by atoms with van der Waals surface area (Å²) < 4.78 is 27.3. The van der Waals surface area contributed by atoms with Crippen LogP contribution in [-0.2, 0) is 16.6 Å². The Morgan fingerprint density at radius 3 is 2.38 bits per heavy atom. The summed E-state index contributed by atoms with van der Waals surface area (Å²) in [6, 6.07) is 17.2. The summed E-state index contributed by atoms with van der Waals surface area (Å²) >= 11 is 1.26. The topological polar surface area (TPSA) is 74.1 Å². The maximum atomic E-state index is 13.0. The molecule has 0 fully saturated rings. The van der Waals surface area contributed by atoms with E-state index in [2.05, 4.69) is 4.98 Å². The number of sulfonamides is 1. The van der Waals surface area contributed by atoms with Crippen LogP contribution >= 0.6 is 11.3 Å². The van der Waals surface area contributed by atoms with Gasteiger partial charge >= 0.3 is 0 Å². The van der Waals surface area contributed by atoms with Crippen molar-refractivity contribution in [1.29, 1.82) is 5.26 Å². The predicted octanol–water partition coefficient (Wildman–Crippen LogP) is 3.41. The van der Waals surface area contributed by atoms with Gasteiger partial charge in [-0.05, 0) is 29.8 Å². The number of hydrogen-bond donors (Lipinski definition) is 0. The molecule has 120 valence electrons. The monoisotopic (exact) mass is 355 g/mol. The molecule has 1 aromatic heterocycles. The minimum atomic E-state index is -3.72. The first-order valence-corrected chi connectivity index (χ1v) is 9.39. The van der Waals surface area contributed by atoms with E-state index < -0.39 is 10.0 Å². The summed E-state index contributed by atoms with van der Waals surface area (Å²) in [5.41, 5.74) is 1.31. The van der Waals surface area contributed by atoms with Gasteiger partial charge in [0.2, 0.25) is 0 Å². The lowest BCUT2D eigenvalue weighted by atomic mass is 10.1. The maximum absolute atomic E-state index is 13.0. The fraction of sp³-hybridized carbons (Fsp3) is 0.0588. The Hall–Kier alpha value is -2.69. The van der Waals surface area contributed by atoms with Crippen molar-refractivity contribution in [2.75, 3.05) is 4.31 Å². The largest absolute Gasteiger partial charge is 0.266 e. The van der Waals surface area contributed by atoms with Crippen LogP contribution in [0.2, 0.25) is 0 Å². The minimum Gasteiger partial charge on any atom is -0.237 e. The van der Waals surface area contributed by atoms with Crippen molar-refractivity contribution in [1.82, 2.24) is 4.98 Å². The summed E-state index contributed by atoms with van der Waals surface area (Å²) in [5.74, 6) is 0. The molecule has 7 heteroatoms. The van der Waals surface area contributed by atoms with E-state index in [0.29, 0.717) is 10.7 Å². The zero-order valence-corrected chi connectivity index (χ0v) is 14.2. The molecule has 2 aromatic carbocycles.